The highest BCUT2D eigenvalue weighted by Crippen LogP contribution is 2.16. The number of nitrogens with zero attached hydrogens (tertiary/aromatic N) is 3. The van der Waals surface area contributed by atoms with Gasteiger partial charge in [0.05, 0.1) is 0 Å². The molecule has 1 saturated heterocycles. The minimum atomic E-state index is -0.489. The molecule has 0 aliphatic carbocycles. The topological polar surface area (TPSA) is 87.2 Å². The maximum absolute atomic E-state index is 12.7. The molecule has 7 nitrogen and oxygen atoms in total. The summed E-state index contributed by atoms with van der Waals surface area (Å²) in [6.45, 7) is 9.51. The van der Waals surface area contributed by atoms with Gasteiger partial charge in [-0.3, -0.25) is 9.59 Å². The third-order valence-corrected chi connectivity index (χ3v) is 4.54. The molecule has 2 heterocycles. The van der Waals surface area contributed by atoms with Gasteiger partial charge in [0.15, 0.2) is 0 Å². The van der Waals surface area contributed by atoms with Crippen molar-refractivity contribution < 1.29 is 9.59 Å². The fourth-order valence-electron chi connectivity index (χ4n) is 3.11. The van der Waals surface area contributed by atoms with Crippen molar-refractivity contribution in [1.82, 2.24) is 20.6 Å². The number of anilines is 1. The first kappa shape index (κ1) is 20.1. The average molecular weight is 361 g/mol. The van der Waals surface area contributed by atoms with Crippen LogP contribution in [0.15, 0.2) is 18.5 Å². The SMILES string of the molecule is CC(C)CC(=O)NC(C(=O)NC1CCN(c2ncccn2)CC1)C(C)C. The van der Waals surface area contributed by atoms with E-state index in [1.165, 1.54) is 0 Å². The molecule has 1 aliphatic rings. The van der Waals surface area contributed by atoms with Crippen LogP contribution in [-0.2, 0) is 9.59 Å². The molecule has 2 N–H and O–H groups in total. The Morgan fingerprint density at radius 3 is 2.31 bits per heavy atom. The van der Waals surface area contributed by atoms with Gasteiger partial charge in [-0.25, -0.2) is 9.97 Å². The first-order valence-electron chi connectivity index (χ1n) is 9.48. The summed E-state index contributed by atoms with van der Waals surface area (Å²) < 4.78 is 0. The van der Waals surface area contributed by atoms with E-state index in [-0.39, 0.29) is 29.7 Å². The van der Waals surface area contributed by atoms with Gasteiger partial charge >= 0.3 is 0 Å². The molecule has 0 aromatic carbocycles. The molecule has 2 rings (SSSR count). The number of piperidine rings is 1. The Kier molecular flexibility index (Phi) is 7.36. The van der Waals surface area contributed by atoms with Gasteiger partial charge in [-0.2, -0.15) is 0 Å². The smallest absolute Gasteiger partial charge is 0.243 e. The van der Waals surface area contributed by atoms with Crippen molar-refractivity contribution in [3.63, 3.8) is 0 Å². The van der Waals surface area contributed by atoms with Gasteiger partial charge in [-0.15, -0.1) is 0 Å². The van der Waals surface area contributed by atoms with Crippen molar-refractivity contribution in [3.8, 4) is 0 Å². The highest BCUT2D eigenvalue weighted by atomic mass is 16.2. The highest BCUT2D eigenvalue weighted by molar-refractivity contribution is 5.88. The summed E-state index contributed by atoms with van der Waals surface area (Å²) in [5.41, 5.74) is 0. The van der Waals surface area contributed by atoms with Gasteiger partial charge in [0.1, 0.15) is 6.04 Å². The molecule has 7 heteroatoms. The quantitative estimate of drug-likeness (QED) is 0.772. The van der Waals surface area contributed by atoms with E-state index in [4.69, 9.17) is 0 Å². The number of nitrogens with one attached hydrogen (secondary N) is 2. The van der Waals surface area contributed by atoms with Crippen LogP contribution in [0.5, 0.6) is 0 Å². The summed E-state index contributed by atoms with van der Waals surface area (Å²) in [4.78, 5) is 35.4. The number of aromatic nitrogens is 2. The van der Waals surface area contributed by atoms with Crippen molar-refractivity contribution in [1.29, 1.82) is 0 Å². The molecule has 26 heavy (non-hydrogen) atoms. The number of rotatable bonds is 7. The summed E-state index contributed by atoms with van der Waals surface area (Å²) in [5, 5.41) is 6.00. The largest absolute Gasteiger partial charge is 0.351 e. The fourth-order valence-corrected chi connectivity index (χ4v) is 3.11. The van der Waals surface area contributed by atoms with Crippen LogP contribution in [0, 0.1) is 11.8 Å². The lowest BCUT2D eigenvalue weighted by atomic mass is 10.00. The Labute approximate surface area is 156 Å². The van der Waals surface area contributed by atoms with Gasteiger partial charge in [0, 0.05) is 37.9 Å². The van der Waals surface area contributed by atoms with E-state index in [1.807, 2.05) is 27.7 Å². The van der Waals surface area contributed by atoms with Gasteiger partial charge in [-0.05, 0) is 30.7 Å². The second-order valence-electron chi connectivity index (χ2n) is 7.71. The van der Waals surface area contributed by atoms with E-state index >= 15 is 0 Å². The zero-order chi connectivity index (χ0) is 19.1. The molecular formula is C19H31N5O2. The fraction of sp³-hybridized carbons (Fsp3) is 0.684. The third kappa shape index (κ3) is 5.97. The number of amides is 2. The van der Waals surface area contributed by atoms with E-state index < -0.39 is 6.04 Å². The molecule has 1 atom stereocenters. The summed E-state index contributed by atoms with van der Waals surface area (Å²) in [6.07, 6.45) is 5.60. The van der Waals surface area contributed by atoms with E-state index in [2.05, 4.69) is 25.5 Å². The zero-order valence-electron chi connectivity index (χ0n) is 16.2. The predicted molar refractivity (Wildman–Crippen MR) is 102 cm³/mol. The molecule has 1 fully saturated rings. The minimum Gasteiger partial charge on any atom is -0.351 e. The minimum absolute atomic E-state index is 0.0453. The molecular weight excluding hydrogens is 330 g/mol. The summed E-state index contributed by atoms with van der Waals surface area (Å²) in [7, 11) is 0. The lowest BCUT2D eigenvalue weighted by molar-refractivity contribution is -0.130. The van der Waals surface area contributed by atoms with Crippen LogP contribution in [-0.4, -0.2) is 47.0 Å². The van der Waals surface area contributed by atoms with E-state index in [9.17, 15) is 9.59 Å². The van der Waals surface area contributed by atoms with E-state index in [0.717, 1.165) is 31.9 Å². The number of carbonyl (C=O) groups is 2. The molecule has 0 radical (unpaired) electrons. The van der Waals surface area contributed by atoms with E-state index in [0.29, 0.717) is 6.42 Å². The lowest BCUT2D eigenvalue weighted by Gasteiger charge is -2.33. The van der Waals surface area contributed by atoms with Crippen LogP contribution in [0.2, 0.25) is 0 Å². The standard InChI is InChI=1S/C19H31N5O2/c1-13(2)12-16(25)23-17(14(3)4)18(26)22-15-6-10-24(11-7-15)19-20-8-5-9-21-19/h5,8-9,13-15,17H,6-7,10-12H2,1-4H3,(H,22,26)(H,23,25). The summed E-state index contributed by atoms with van der Waals surface area (Å²) in [5.74, 6) is 0.897. The molecule has 0 saturated carbocycles. The predicted octanol–water partition coefficient (Wildman–Crippen LogP) is 1.75. The van der Waals surface area contributed by atoms with Gasteiger partial charge in [0.2, 0.25) is 17.8 Å². The molecule has 1 unspecified atom stereocenters. The third-order valence-electron chi connectivity index (χ3n) is 4.54. The van der Waals surface area contributed by atoms with Crippen LogP contribution in [0.3, 0.4) is 0 Å². The van der Waals surface area contributed by atoms with E-state index in [1.54, 1.807) is 18.5 Å². The monoisotopic (exact) mass is 361 g/mol. The second kappa shape index (κ2) is 9.50. The van der Waals surface area contributed by atoms with Crippen molar-refractivity contribution in [3.05, 3.63) is 18.5 Å². The number of hydrogen-bond acceptors (Lipinski definition) is 5. The Morgan fingerprint density at radius 1 is 1.15 bits per heavy atom. The van der Waals surface area contributed by atoms with Crippen LogP contribution >= 0.6 is 0 Å². The maximum Gasteiger partial charge on any atom is 0.243 e. The number of hydrogen-bond donors (Lipinski definition) is 2. The number of carbonyl (C=O) groups excluding carboxylic acids is 2. The first-order valence-corrected chi connectivity index (χ1v) is 9.48. The summed E-state index contributed by atoms with van der Waals surface area (Å²) in [6, 6.07) is 1.43. The van der Waals surface area contributed by atoms with Crippen molar-refractivity contribution >= 4 is 17.8 Å². The van der Waals surface area contributed by atoms with Gasteiger partial charge in [-0.1, -0.05) is 27.7 Å². The highest BCUT2D eigenvalue weighted by Gasteiger charge is 2.28. The Morgan fingerprint density at radius 2 is 1.77 bits per heavy atom. The van der Waals surface area contributed by atoms with Gasteiger partial charge in [0.25, 0.3) is 0 Å². The Balaban J connectivity index is 1.85. The van der Waals surface area contributed by atoms with Crippen molar-refractivity contribution in [2.24, 2.45) is 11.8 Å². The molecule has 1 aliphatic heterocycles. The molecule has 1 aromatic rings. The Bertz CT molecular complexity index is 583. The van der Waals surface area contributed by atoms with Crippen molar-refractivity contribution in [2.75, 3.05) is 18.0 Å². The normalized spacial score (nSPS) is 16.6. The van der Waals surface area contributed by atoms with Crippen LogP contribution in [0.4, 0.5) is 5.95 Å². The van der Waals surface area contributed by atoms with Crippen LogP contribution < -0.4 is 15.5 Å². The maximum atomic E-state index is 12.7. The van der Waals surface area contributed by atoms with Gasteiger partial charge < -0.3 is 15.5 Å². The first-order chi connectivity index (χ1) is 12.4. The molecule has 2 amide bonds. The second-order valence-corrected chi connectivity index (χ2v) is 7.71. The van der Waals surface area contributed by atoms with Crippen molar-refractivity contribution in [2.45, 2.75) is 59.0 Å². The molecule has 144 valence electrons. The summed E-state index contributed by atoms with van der Waals surface area (Å²) >= 11 is 0. The zero-order valence-corrected chi connectivity index (χ0v) is 16.2. The molecule has 0 bridgehead atoms. The van der Waals surface area contributed by atoms with Crippen LogP contribution in [0.25, 0.3) is 0 Å². The molecule has 1 aromatic heterocycles. The average Bonchev–Trinajstić information content (AvgIpc) is 2.60. The molecule has 0 spiro atoms. The Hall–Kier alpha value is -2.18. The lowest BCUT2D eigenvalue weighted by Crippen LogP contribution is -2.54. The van der Waals surface area contributed by atoms with Crippen LogP contribution in [0.1, 0.15) is 47.0 Å².